The Balaban J connectivity index is 1.37. The molecule has 3 aliphatic carbocycles. The lowest BCUT2D eigenvalue weighted by Gasteiger charge is -2.73. The van der Waals surface area contributed by atoms with E-state index in [1.807, 2.05) is 6.07 Å². The number of nitrogens with zero attached hydrogens (tertiary/aromatic N) is 1. The fourth-order valence-electron chi connectivity index (χ4n) is 7.33. The first-order valence-corrected chi connectivity index (χ1v) is 11.3. The number of hydrogen-bond donors (Lipinski definition) is 1. The predicted molar refractivity (Wildman–Crippen MR) is 113 cm³/mol. The zero-order valence-corrected chi connectivity index (χ0v) is 17.1. The van der Waals surface area contributed by atoms with Gasteiger partial charge in [-0.05, 0) is 54.5 Å². The summed E-state index contributed by atoms with van der Waals surface area (Å²) in [6, 6.07) is 17.1. The van der Waals surface area contributed by atoms with Gasteiger partial charge in [-0.15, -0.1) is 0 Å². The summed E-state index contributed by atoms with van der Waals surface area (Å²) in [6.07, 6.45) is 7.47. The Bertz CT molecular complexity index is 977. The van der Waals surface area contributed by atoms with Crippen LogP contribution < -0.4 is 0 Å². The van der Waals surface area contributed by atoms with Crippen LogP contribution >= 0.6 is 0 Å². The van der Waals surface area contributed by atoms with E-state index >= 15 is 0 Å². The summed E-state index contributed by atoms with van der Waals surface area (Å²) in [5, 5.41) is 10.0. The van der Waals surface area contributed by atoms with E-state index in [-0.39, 0.29) is 10.8 Å². The number of piperidine rings is 1. The number of fused-ring (bicyclic) bond motifs is 2. The third-order valence-electron chi connectivity index (χ3n) is 8.73. The number of carbonyl (C=O) groups is 1. The van der Waals surface area contributed by atoms with E-state index < -0.39 is 0 Å². The Morgan fingerprint density at radius 2 is 1.79 bits per heavy atom. The van der Waals surface area contributed by atoms with E-state index in [0.717, 1.165) is 38.5 Å². The molecule has 1 amide bonds. The first-order valence-electron chi connectivity index (χ1n) is 11.3. The van der Waals surface area contributed by atoms with E-state index in [1.54, 1.807) is 6.07 Å². The van der Waals surface area contributed by atoms with E-state index in [1.165, 1.54) is 23.1 Å². The Hall–Kier alpha value is -2.29. The minimum Gasteiger partial charge on any atom is -0.508 e. The highest BCUT2D eigenvalue weighted by Crippen LogP contribution is 2.65. The highest BCUT2D eigenvalue weighted by Gasteiger charge is 2.70. The molecule has 2 aromatic rings. The second-order valence-corrected chi connectivity index (χ2v) is 10.0. The minimum atomic E-state index is -0.328. The Labute approximate surface area is 172 Å². The van der Waals surface area contributed by atoms with Crippen molar-refractivity contribution in [2.75, 3.05) is 0 Å². The summed E-state index contributed by atoms with van der Waals surface area (Å²) in [7, 11) is 0. The number of phenols is 1. The van der Waals surface area contributed by atoms with Crippen molar-refractivity contribution >= 4 is 5.91 Å². The largest absolute Gasteiger partial charge is 0.508 e. The van der Waals surface area contributed by atoms with Crippen molar-refractivity contribution in [3.63, 3.8) is 0 Å². The molecule has 1 aliphatic heterocycles. The summed E-state index contributed by atoms with van der Waals surface area (Å²) in [5.41, 5.74) is 3.64. The van der Waals surface area contributed by atoms with E-state index in [9.17, 15) is 9.90 Å². The first kappa shape index (κ1) is 17.6. The topological polar surface area (TPSA) is 40.5 Å². The van der Waals surface area contributed by atoms with E-state index in [4.69, 9.17) is 0 Å². The van der Waals surface area contributed by atoms with Crippen LogP contribution in [0.5, 0.6) is 5.75 Å². The molecule has 3 fully saturated rings. The van der Waals surface area contributed by atoms with Crippen LogP contribution in [0.1, 0.15) is 62.1 Å². The number of benzene rings is 2. The number of likely N-dealkylation sites (tertiary alicyclic amines) is 1. The lowest BCUT2D eigenvalue weighted by Crippen LogP contribution is -2.82. The van der Waals surface area contributed by atoms with E-state index in [0.29, 0.717) is 29.7 Å². The van der Waals surface area contributed by atoms with Crippen LogP contribution in [-0.4, -0.2) is 28.0 Å². The second kappa shape index (κ2) is 5.87. The zero-order chi connectivity index (χ0) is 19.8. The van der Waals surface area contributed by atoms with Gasteiger partial charge >= 0.3 is 0 Å². The lowest BCUT2D eigenvalue weighted by molar-refractivity contribution is -0.201. The van der Waals surface area contributed by atoms with E-state index in [2.05, 4.69) is 48.2 Å². The molecular formula is C26H29NO2. The van der Waals surface area contributed by atoms with Crippen molar-refractivity contribution in [1.29, 1.82) is 0 Å². The average Bonchev–Trinajstić information content (AvgIpc) is 2.73. The van der Waals surface area contributed by atoms with Crippen LogP contribution in [0.25, 0.3) is 0 Å². The fraction of sp³-hybridized carbons (Fsp3) is 0.500. The second-order valence-electron chi connectivity index (χ2n) is 10.0. The summed E-state index contributed by atoms with van der Waals surface area (Å²) in [5.74, 6) is 1.31. The van der Waals surface area contributed by atoms with Gasteiger partial charge in [0.25, 0.3) is 0 Å². The molecule has 1 N–H and O–H groups in total. The maximum absolute atomic E-state index is 14.1. The summed E-state index contributed by atoms with van der Waals surface area (Å²) in [6.45, 7) is 2.34. The fourth-order valence-corrected chi connectivity index (χ4v) is 7.33. The van der Waals surface area contributed by atoms with Gasteiger partial charge in [0.05, 0.1) is 5.41 Å². The summed E-state index contributed by atoms with van der Waals surface area (Å²) < 4.78 is 0. The number of carbonyl (C=O) groups excluding carboxylic acids is 1. The molecule has 150 valence electrons. The van der Waals surface area contributed by atoms with Gasteiger partial charge in [0.2, 0.25) is 5.91 Å². The molecule has 1 saturated heterocycles. The minimum absolute atomic E-state index is 0.116. The lowest BCUT2D eigenvalue weighted by atomic mass is 9.43. The molecule has 3 heteroatoms. The third-order valence-corrected chi connectivity index (χ3v) is 8.73. The highest BCUT2D eigenvalue weighted by molar-refractivity contribution is 5.90. The zero-order valence-electron chi connectivity index (χ0n) is 17.1. The smallest absolute Gasteiger partial charge is 0.233 e. The standard InChI is InChI=1S/C26H29NO2/c1-25-16-22-23(25)21(14-17-10-11-19(28)15-20(17)25)27(22)24(29)26(12-6-3-7-13-26)18-8-4-2-5-9-18/h2,4-5,8-11,15,21-23,28H,3,6-7,12-14,16H2,1H3/t21-,22?,23-,25+/m1/s1. The molecule has 0 aromatic heterocycles. The molecule has 0 bridgehead atoms. The Morgan fingerprint density at radius 3 is 2.55 bits per heavy atom. The number of aromatic hydroxyl groups is 1. The molecule has 2 aromatic carbocycles. The van der Waals surface area contributed by atoms with Gasteiger partial charge in [0, 0.05) is 23.4 Å². The molecule has 1 heterocycles. The van der Waals surface area contributed by atoms with Crippen molar-refractivity contribution < 1.29 is 9.90 Å². The highest BCUT2D eigenvalue weighted by atomic mass is 16.3. The number of amides is 1. The summed E-state index contributed by atoms with van der Waals surface area (Å²) >= 11 is 0. The normalized spacial score (nSPS) is 33.7. The van der Waals surface area contributed by atoms with Gasteiger partial charge in [-0.1, -0.05) is 62.6 Å². The quantitative estimate of drug-likeness (QED) is 0.811. The predicted octanol–water partition coefficient (Wildman–Crippen LogP) is 4.71. The maximum atomic E-state index is 14.1. The van der Waals surface area contributed by atoms with Crippen LogP contribution in [0.2, 0.25) is 0 Å². The molecule has 0 spiro atoms. The molecule has 2 saturated carbocycles. The van der Waals surface area contributed by atoms with Crippen LogP contribution in [0, 0.1) is 5.92 Å². The molecule has 4 aliphatic rings. The molecule has 6 rings (SSSR count). The third kappa shape index (κ3) is 2.16. The van der Waals surface area contributed by atoms with Crippen LogP contribution in [-0.2, 0) is 22.0 Å². The van der Waals surface area contributed by atoms with Gasteiger partial charge in [0.15, 0.2) is 0 Å². The summed E-state index contributed by atoms with van der Waals surface area (Å²) in [4.78, 5) is 16.4. The number of phenolic OH excluding ortho intramolecular Hbond substituents is 1. The van der Waals surface area contributed by atoms with Gasteiger partial charge in [-0.3, -0.25) is 4.79 Å². The van der Waals surface area contributed by atoms with Crippen LogP contribution in [0.4, 0.5) is 0 Å². The number of rotatable bonds is 2. The van der Waals surface area contributed by atoms with Crippen LogP contribution in [0.3, 0.4) is 0 Å². The first-order chi connectivity index (χ1) is 14.0. The molecule has 0 radical (unpaired) electrons. The van der Waals surface area contributed by atoms with Crippen molar-refractivity contribution in [2.24, 2.45) is 5.92 Å². The molecule has 3 nitrogen and oxygen atoms in total. The average molecular weight is 388 g/mol. The van der Waals surface area contributed by atoms with Gasteiger partial charge in [-0.25, -0.2) is 0 Å². The molecule has 29 heavy (non-hydrogen) atoms. The van der Waals surface area contributed by atoms with Gasteiger partial charge in [-0.2, -0.15) is 0 Å². The van der Waals surface area contributed by atoms with Crippen LogP contribution in [0.15, 0.2) is 48.5 Å². The monoisotopic (exact) mass is 387 g/mol. The molecule has 1 unspecified atom stereocenters. The SMILES string of the molecule is C[C@@]12CC3[C@H]1[C@@H](Cc1ccc(O)cc12)N3C(=O)C1(c2ccccc2)CCCCC1. The van der Waals surface area contributed by atoms with Crippen molar-refractivity contribution in [3.8, 4) is 5.75 Å². The van der Waals surface area contributed by atoms with Crippen molar-refractivity contribution in [1.82, 2.24) is 4.90 Å². The van der Waals surface area contributed by atoms with Gasteiger partial charge < -0.3 is 10.0 Å². The Kier molecular flexibility index (Phi) is 3.55. The molecular weight excluding hydrogens is 358 g/mol. The maximum Gasteiger partial charge on any atom is 0.233 e. The van der Waals surface area contributed by atoms with Crippen molar-refractivity contribution in [3.05, 3.63) is 65.2 Å². The van der Waals surface area contributed by atoms with Crippen molar-refractivity contribution in [2.45, 2.75) is 74.8 Å². The Morgan fingerprint density at radius 1 is 1.03 bits per heavy atom. The van der Waals surface area contributed by atoms with Gasteiger partial charge in [0.1, 0.15) is 5.75 Å². The molecule has 4 atom stereocenters. The number of hydrogen-bond acceptors (Lipinski definition) is 2.